The molecule has 2 nitrogen and oxygen atoms in total. The molecule has 2 rings (SSSR count). The lowest BCUT2D eigenvalue weighted by atomic mass is 9.94. The molecule has 0 aromatic heterocycles. The molecule has 1 aromatic carbocycles. The smallest absolute Gasteiger partial charge is 0.0473 e. The number of nitrogens with zero attached hydrogens (tertiary/aromatic N) is 1. The van der Waals surface area contributed by atoms with E-state index in [1.165, 1.54) is 37.1 Å². The fourth-order valence-corrected chi connectivity index (χ4v) is 3.27. The van der Waals surface area contributed by atoms with Crippen LogP contribution in [0.2, 0.25) is 0 Å². The number of rotatable bonds is 4. The predicted molar refractivity (Wildman–Crippen MR) is 82.4 cm³/mol. The Morgan fingerprint density at radius 2 is 1.95 bits per heavy atom. The van der Waals surface area contributed by atoms with Crippen LogP contribution in [0.15, 0.2) is 24.3 Å². The summed E-state index contributed by atoms with van der Waals surface area (Å²) in [5.74, 6) is 0.840. The van der Waals surface area contributed by atoms with Gasteiger partial charge < -0.3 is 5.32 Å². The van der Waals surface area contributed by atoms with E-state index in [4.69, 9.17) is 0 Å². The Kier molecular flexibility index (Phi) is 5.00. The molecule has 1 fully saturated rings. The Hall–Kier alpha value is -0.860. The highest BCUT2D eigenvalue weighted by Crippen LogP contribution is 2.25. The number of likely N-dealkylation sites (tertiary alicyclic amines) is 1. The summed E-state index contributed by atoms with van der Waals surface area (Å²) in [6, 6.07) is 9.93. The fraction of sp³-hybridized carbons (Fsp3) is 0.647. The molecular weight excluding hydrogens is 232 g/mol. The number of hydrogen-bond donors (Lipinski definition) is 1. The van der Waals surface area contributed by atoms with Gasteiger partial charge >= 0.3 is 0 Å². The van der Waals surface area contributed by atoms with Crippen LogP contribution in [-0.4, -0.2) is 31.1 Å². The Morgan fingerprint density at radius 3 is 2.53 bits per heavy atom. The zero-order valence-corrected chi connectivity index (χ0v) is 12.8. The highest BCUT2D eigenvalue weighted by atomic mass is 15.2. The van der Waals surface area contributed by atoms with Crippen LogP contribution < -0.4 is 5.32 Å². The fourth-order valence-electron chi connectivity index (χ4n) is 3.27. The van der Waals surface area contributed by atoms with Crippen LogP contribution in [0.1, 0.15) is 43.9 Å². The van der Waals surface area contributed by atoms with Gasteiger partial charge in [0.2, 0.25) is 0 Å². The molecule has 0 radical (unpaired) electrons. The average molecular weight is 260 g/mol. The number of nitrogens with one attached hydrogen (secondary N) is 1. The van der Waals surface area contributed by atoms with Gasteiger partial charge in [-0.2, -0.15) is 0 Å². The predicted octanol–water partition coefficient (Wildman–Crippen LogP) is 3.38. The van der Waals surface area contributed by atoms with Gasteiger partial charge in [0.05, 0.1) is 0 Å². The van der Waals surface area contributed by atoms with Crippen molar-refractivity contribution < 1.29 is 0 Å². The van der Waals surface area contributed by atoms with Crippen LogP contribution in [0.4, 0.5) is 0 Å². The highest BCUT2D eigenvalue weighted by Gasteiger charge is 2.26. The lowest BCUT2D eigenvalue weighted by Crippen LogP contribution is -2.46. The molecular formula is C17H28N2. The van der Waals surface area contributed by atoms with Crippen LogP contribution in [0, 0.1) is 12.8 Å². The van der Waals surface area contributed by atoms with Gasteiger partial charge in [-0.3, -0.25) is 4.90 Å². The minimum absolute atomic E-state index is 0.422. The first-order valence-corrected chi connectivity index (χ1v) is 7.59. The molecule has 1 aliphatic heterocycles. The molecule has 1 heterocycles. The number of piperidine rings is 1. The third-order valence-electron chi connectivity index (χ3n) is 4.49. The maximum absolute atomic E-state index is 3.51. The van der Waals surface area contributed by atoms with Crippen LogP contribution in [0.25, 0.3) is 0 Å². The highest BCUT2D eigenvalue weighted by molar-refractivity contribution is 5.25. The third-order valence-corrected chi connectivity index (χ3v) is 4.49. The monoisotopic (exact) mass is 260 g/mol. The van der Waals surface area contributed by atoms with E-state index in [1.807, 2.05) is 0 Å². The molecule has 1 aliphatic rings. The maximum Gasteiger partial charge on any atom is 0.0473 e. The summed E-state index contributed by atoms with van der Waals surface area (Å²) < 4.78 is 0. The summed E-state index contributed by atoms with van der Waals surface area (Å²) in [5.41, 5.74) is 2.73. The molecule has 1 saturated heterocycles. The molecule has 2 heteroatoms. The molecule has 0 saturated carbocycles. The van der Waals surface area contributed by atoms with Crippen molar-refractivity contribution in [2.24, 2.45) is 5.92 Å². The summed E-state index contributed by atoms with van der Waals surface area (Å²) in [4.78, 5) is 2.65. The molecule has 0 spiro atoms. The first kappa shape index (κ1) is 14.5. The van der Waals surface area contributed by atoms with Gasteiger partial charge in [0.1, 0.15) is 0 Å². The standard InChI is InChI=1S/C17H28N2/c1-13-7-9-16(10-8-13)17(18-4)15(3)19-11-5-6-14(2)12-19/h7-10,14-15,17-18H,5-6,11-12H2,1-4H3. The number of aryl methyl sites for hydroxylation is 1. The van der Waals surface area contributed by atoms with Crippen molar-refractivity contribution in [3.8, 4) is 0 Å². The van der Waals surface area contributed by atoms with Crippen molar-refractivity contribution in [1.82, 2.24) is 10.2 Å². The minimum Gasteiger partial charge on any atom is -0.312 e. The van der Waals surface area contributed by atoms with Crippen molar-refractivity contribution >= 4 is 0 Å². The largest absolute Gasteiger partial charge is 0.312 e. The second-order valence-electron chi connectivity index (χ2n) is 6.16. The van der Waals surface area contributed by atoms with Gasteiger partial charge in [0.15, 0.2) is 0 Å². The molecule has 106 valence electrons. The van der Waals surface area contributed by atoms with Crippen LogP contribution in [0.3, 0.4) is 0 Å². The Morgan fingerprint density at radius 1 is 1.26 bits per heavy atom. The third kappa shape index (κ3) is 3.58. The molecule has 0 bridgehead atoms. The van der Waals surface area contributed by atoms with E-state index in [0.717, 1.165) is 5.92 Å². The van der Waals surface area contributed by atoms with Gasteiger partial charge in [-0.15, -0.1) is 0 Å². The van der Waals surface area contributed by atoms with E-state index >= 15 is 0 Å². The average Bonchev–Trinajstić information content (AvgIpc) is 2.41. The zero-order chi connectivity index (χ0) is 13.8. The quantitative estimate of drug-likeness (QED) is 0.893. The van der Waals surface area contributed by atoms with Crippen LogP contribution in [-0.2, 0) is 0 Å². The Labute approximate surface area is 118 Å². The second kappa shape index (κ2) is 6.53. The van der Waals surface area contributed by atoms with Gasteiger partial charge in [0, 0.05) is 18.6 Å². The van der Waals surface area contributed by atoms with Crippen molar-refractivity contribution in [2.75, 3.05) is 20.1 Å². The van der Waals surface area contributed by atoms with E-state index < -0.39 is 0 Å². The molecule has 3 unspecified atom stereocenters. The first-order chi connectivity index (χ1) is 9.11. The van der Waals surface area contributed by atoms with E-state index in [0.29, 0.717) is 12.1 Å². The van der Waals surface area contributed by atoms with E-state index in [1.54, 1.807) is 0 Å². The summed E-state index contributed by atoms with van der Waals surface area (Å²) in [7, 11) is 2.08. The SMILES string of the molecule is CNC(c1ccc(C)cc1)C(C)N1CCCC(C)C1. The summed E-state index contributed by atoms with van der Waals surface area (Å²) >= 11 is 0. The van der Waals surface area contributed by atoms with Gasteiger partial charge in [-0.05, 0) is 51.8 Å². The van der Waals surface area contributed by atoms with Crippen LogP contribution in [0.5, 0.6) is 0 Å². The van der Waals surface area contributed by atoms with Crippen molar-refractivity contribution in [2.45, 2.75) is 45.7 Å². The molecule has 1 aromatic rings. The van der Waals surface area contributed by atoms with Gasteiger partial charge in [-0.25, -0.2) is 0 Å². The van der Waals surface area contributed by atoms with Crippen molar-refractivity contribution in [3.63, 3.8) is 0 Å². The molecule has 19 heavy (non-hydrogen) atoms. The first-order valence-electron chi connectivity index (χ1n) is 7.59. The normalized spacial score (nSPS) is 24.1. The van der Waals surface area contributed by atoms with Crippen LogP contribution >= 0.6 is 0 Å². The molecule has 1 N–H and O–H groups in total. The summed E-state index contributed by atoms with van der Waals surface area (Å²) in [6.07, 6.45) is 2.73. The lowest BCUT2D eigenvalue weighted by molar-refractivity contribution is 0.115. The summed E-state index contributed by atoms with van der Waals surface area (Å²) in [5, 5.41) is 3.51. The summed E-state index contributed by atoms with van der Waals surface area (Å²) in [6.45, 7) is 9.37. The van der Waals surface area contributed by atoms with Gasteiger partial charge in [0.25, 0.3) is 0 Å². The topological polar surface area (TPSA) is 15.3 Å². The number of benzene rings is 1. The molecule has 3 atom stereocenters. The van der Waals surface area contributed by atoms with E-state index in [9.17, 15) is 0 Å². The lowest BCUT2D eigenvalue weighted by Gasteiger charge is -2.39. The zero-order valence-electron chi connectivity index (χ0n) is 12.8. The van der Waals surface area contributed by atoms with Crippen molar-refractivity contribution in [1.29, 1.82) is 0 Å². The molecule has 0 aliphatic carbocycles. The number of likely N-dealkylation sites (N-methyl/N-ethyl adjacent to an activating group) is 1. The number of hydrogen-bond acceptors (Lipinski definition) is 2. The molecule has 0 amide bonds. The second-order valence-corrected chi connectivity index (χ2v) is 6.16. The van der Waals surface area contributed by atoms with Crippen molar-refractivity contribution in [3.05, 3.63) is 35.4 Å². The Bertz CT molecular complexity index is 385. The minimum atomic E-state index is 0.422. The van der Waals surface area contributed by atoms with E-state index in [-0.39, 0.29) is 0 Å². The maximum atomic E-state index is 3.51. The van der Waals surface area contributed by atoms with Gasteiger partial charge in [-0.1, -0.05) is 36.8 Å². The Balaban J connectivity index is 2.09. The van der Waals surface area contributed by atoms with E-state index in [2.05, 4.69) is 62.3 Å².